The van der Waals surface area contributed by atoms with Crippen molar-refractivity contribution < 1.29 is 4.42 Å². The van der Waals surface area contributed by atoms with Gasteiger partial charge in [0.15, 0.2) is 0 Å². The second-order valence-electron chi connectivity index (χ2n) is 18.1. The molecule has 0 fully saturated rings. The van der Waals surface area contributed by atoms with Gasteiger partial charge in [0, 0.05) is 22.3 Å². The summed E-state index contributed by atoms with van der Waals surface area (Å²) >= 11 is 0. The Morgan fingerprint density at radius 1 is 0.456 bits per heavy atom. The molecule has 1 aromatic heterocycles. The lowest BCUT2D eigenvalue weighted by Gasteiger charge is -2.33. The zero-order chi connectivity index (χ0) is 38.8. The van der Waals surface area contributed by atoms with Crippen LogP contribution in [0.25, 0.3) is 55.0 Å². The molecule has 2 aliphatic carbocycles. The van der Waals surface area contributed by atoms with Crippen LogP contribution in [0.5, 0.6) is 0 Å². The molecule has 0 bridgehead atoms. The summed E-state index contributed by atoms with van der Waals surface area (Å²) in [5, 5.41) is 4.71. The van der Waals surface area contributed by atoms with Crippen molar-refractivity contribution >= 4 is 49.8 Å². The maximum absolute atomic E-state index is 7.24. The quantitative estimate of drug-likeness (QED) is 0.180. The maximum Gasteiger partial charge on any atom is 0.145 e. The van der Waals surface area contributed by atoms with Crippen LogP contribution in [0, 0.1) is 0 Å². The third-order valence-electron chi connectivity index (χ3n) is 12.8. The Labute approximate surface area is 335 Å². The minimum absolute atomic E-state index is 0.0313. The standard InChI is InChI=1S/C55H45NO/c1-53(2,3)35-24-28-37(29-25-35)56(38-30-26-36(27-31-38)54(4,5)6)47-33-46-51(52-50(47)42-19-11-14-22-48(42)57-52)49-39-16-8-7-15-34(39)23-32-45(49)55(46)43-20-12-9-17-40(43)41-18-10-13-21-44(41)55/h7-33H,1-6H3. The number of hydrogen-bond donors (Lipinski definition) is 0. The normalized spacial score (nSPS) is 13.9. The fourth-order valence-corrected chi connectivity index (χ4v) is 10.1. The molecule has 1 spiro atoms. The van der Waals surface area contributed by atoms with Crippen molar-refractivity contribution in [1.29, 1.82) is 0 Å². The molecule has 276 valence electrons. The minimum atomic E-state index is -0.554. The summed E-state index contributed by atoms with van der Waals surface area (Å²) in [6.07, 6.45) is 0. The van der Waals surface area contributed by atoms with Crippen molar-refractivity contribution in [2.75, 3.05) is 4.90 Å². The van der Waals surface area contributed by atoms with Gasteiger partial charge in [0.2, 0.25) is 0 Å². The molecule has 2 aliphatic rings. The van der Waals surface area contributed by atoms with E-state index in [0.29, 0.717) is 0 Å². The Balaban J connectivity index is 1.32. The molecule has 1 heterocycles. The largest absolute Gasteiger partial charge is 0.455 e. The Hall–Kier alpha value is -6.38. The van der Waals surface area contributed by atoms with Crippen molar-refractivity contribution in [3.8, 4) is 22.3 Å². The molecule has 2 nitrogen and oxygen atoms in total. The van der Waals surface area contributed by atoms with Gasteiger partial charge in [0.1, 0.15) is 11.2 Å². The number of para-hydroxylation sites is 1. The van der Waals surface area contributed by atoms with Gasteiger partial charge in [-0.05, 0) is 108 Å². The van der Waals surface area contributed by atoms with Crippen molar-refractivity contribution in [1.82, 2.24) is 0 Å². The Bertz CT molecular complexity index is 2970. The number of nitrogens with zero attached hydrogens (tertiary/aromatic N) is 1. The third kappa shape index (κ3) is 4.71. The lowest BCUT2D eigenvalue weighted by molar-refractivity contribution is 0.590. The van der Waals surface area contributed by atoms with E-state index in [1.54, 1.807) is 0 Å². The predicted octanol–water partition coefficient (Wildman–Crippen LogP) is 15.1. The van der Waals surface area contributed by atoms with Gasteiger partial charge in [0.25, 0.3) is 0 Å². The van der Waals surface area contributed by atoms with Gasteiger partial charge < -0.3 is 9.32 Å². The fourth-order valence-electron chi connectivity index (χ4n) is 10.1. The van der Waals surface area contributed by atoms with Crippen LogP contribution < -0.4 is 4.90 Å². The Kier molecular flexibility index (Phi) is 7.03. The van der Waals surface area contributed by atoms with E-state index in [1.807, 2.05) is 0 Å². The van der Waals surface area contributed by atoms with Crippen molar-refractivity contribution in [3.05, 3.63) is 197 Å². The maximum atomic E-state index is 7.24. The number of hydrogen-bond acceptors (Lipinski definition) is 2. The average Bonchev–Trinajstić information content (AvgIpc) is 3.85. The smallest absolute Gasteiger partial charge is 0.145 e. The zero-order valence-electron chi connectivity index (χ0n) is 33.4. The van der Waals surface area contributed by atoms with Crippen molar-refractivity contribution in [3.63, 3.8) is 0 Å². The molecular formula is C55H45NO. The molecule has 57 heavy (non-hydrogen) atoms. The first-order valence-electron chi connectivity index (χ1n) is 20.3. The minimum Gasteiger partial charge on any atom is -0.455 e. The van der Waals surface area contributed by atoms with Gasteiger partial charge in [-0.1, -0.05) is 169 Å². The molecule has 0 N–H and O–H groups in total. The van der Waals surface area contributed by atoms with Crippen molar-refractivity contribution in [2.45, 2.75) is 57.8 Å². The first-order valence-corrected chi connectivity index (χ1v) is 20.3. The van der Waals surface area contributed by atoms with Gasteiger partial charge in [-0.3, -0.25) is 0 Å². The van der Waals surface area contributed by atoms with Gasteiger partial charge in [-0.15, -0.1) is 0 Å². The summed E-state index contributed by atoms with van der Waals surface area (Å²) in [6, 6.07) is 61.3. The number of fused-ring (bicyclic) bond motifs is 16. The molecule has 2 heteroatoms. The van der Waals surface area contributed by atoms with Crippen LogP contribution in [-0.2, 0) is 16.2 Å². The first-order chi connectivity index (χ1) is 27.5. The van der Waals surface area contributed by atoms with Gasteiger partial charge in [-0.2, -0.15) is 0 Å². The van der Waals surface area contributed by atoms with E-state index >= 15 is 0 Å². The molecule has 0 saturated carbocycles. The van der Waals surface area contributed by atoms with Gasteiger partial charge >= 0.3 is 0 Å². The number of furan rings is 1. The molecule has 0 aliphatic heterocycles. The van der Waals surface area contributed by atoms with Crippen LogP contribution in [-0.4, -0.2) is 0 Å². The van der Waals surface area contributed by atoms with E-state index in [4.69, 9.17) is 4.42 Å². The Morgan fingerprint density at radius 2 is 0.982 bits per heavy atom. The molecular weight excluding hydrogens is 691 g/mol. The SMILES string of the molecule is CC(C)(C)c1ccc(N(c2ccc(C(C)(C)C)cc2)c2cc3c(c4oc5ccccc5c24)-c2c(ccc4ccccc24)C32c3ccccc3-c3ccccc32)cc1. The highest BCUT2D eigenvalue weighted by atomic mass is 16.3. The summed E-state index contributed by atoms with van der Waals surface area (Å²) < 4.78 is 7.24. The molecule has 8 aromatic carbocycles. The van der Waals surface area contributed by atoms with Crippen LogP contribution in [0.2, 0.25) is 0 Å². The van der Waals surface area contributed by atoms with Crippen LogP contribution >= 0.6 is 0 Å². The highest BCUT2D eigenvalue weighted by Crippen LogP contribution is 2.66. The first kappa shape index (κ1) is 33.9. The molecule has 11 rings (SSSR count). The van der Waals surface area contributed by atoms with Crippen LogP contribution in [0.3, 0.4) is 0 Å². The molecule has 9 aromatic rings. The van der Waals surface area contributed by atoms with Crippen LogP contribution in [0.4, 0.5) is 17.1 Å². The third-order valence-corrected chi connectivity index (χ3v) is 12.8. The van der Waals surface area contributed by atoms with E-state index in [-0.39, 0.29) is 10.8 Å². The average molecular weight is 736 g/mol. The van der Waals surface area contributed by atoms with E-state index in [1.165, 1.54) is 66.4 Å². The molecule has 0 unspecified atom stereocenters. The molecule has 0 atom stereocenters. The summed E-state index contributed by atoms with van der Waals surface area (Å²) in [5.41, 5.74) is 17.5. The summed E-state index contributed by atoms with van der Waals surface area (Å²) in [5.74, 6) is 0. The van der Waals surface area contributed by atoms with Crippen LogP contribution in [0.15, 0.2) is 168 Å². The summed E-state index contributed by atoms with van der Waals surface area (Å²) in [6.45, 7) is 13.7. The van der Waals surface area contributed by atoms with E-state index < -0.39 is 5.41 Å². The second-order valence-corrected chi connectivity index (χ2v) is 18.1. The van der Waals surface area contributed by atoms with Gasteiger partial charge in [0.05, 0.1) is 16.5 Å². The van der Waals surface area contributed by atoms with Crippen molar-refractivity contribution in [2.24, 2.45) is 0 Å². The molecule has 0 radical (unpaired) electrons. The monoisotopic (exact) mass is 735 g/mol. The number of anilines is 3. The number of rotatable bonds is 3. The van der Waals surface area contributed by atoms with Crippen LogP contribution in [0.1, 0.15) is 74.9 Å². The molecule has 0 saturated heterocycles. The summed E-state index contributed by atoms with van der Waals surface area (Å²) in [4.78, 5) is 2.48. The van der Waals surface area contributed by atoms with E-state index in [2.05, 4.69) is 210 Å². The lowest BCUT2D eigenvalue weighted by Crippen LogP contribution is -2.26. The Morgan fingerprint density at radius 3 is 1.58 bits per heavy atom. The predicted molar refractivity (Wildman–Crippen MR) is 240 cm³/mol. The fraction of sp³-hybridized carbons (Fsp3) is 0.164. The van der Waals surface area contributed by atoms with E-state index in [9.17, 15) is 0 Å². The molecule has 0 amide bonds. The lowest BCUT2D eigenvalue weighted by atomic mass is 9.70. The van der Waals surface area contributed by atoms with E-state index in [0.717, 1.165) is 39.0 Å². The van der Waals surface area contributed by atoms with Gasteiger partial charge in [-0.25, -0.2) is 0 Å². The topological polar surface area (TPSA) is 16.4 Å². The number of benzene rings is 8. The highest BCUT2D eigenvalue weighted by Gasteiger charge is 2.53. The summed E-state index contributed by atoms with van der Waals surface area (Å²) in [7, 11) is 0. The highest BCUT2D eigenvalue weighted by molar-refractivity contribution is 6.22. The second kappa shape index (κ2) is 11.8. The zero-order valence-corrected chi connectivity index (χ0v) is 33.4.